The maximum atomic E-state index is 4.56. The highest BCUT2D eigenvalue weighted by molar-refractivity contribution is 5.64. The average molecular weight is 312 g/mol. The van der Waals surface area contributed by atoms with Gasteiger partial charge in [0.2, 0.25) is 0 Å². The van der Waals surface area contributed by atoms with Crippen molar-refractivity contribution in [2.24, 2.45) is 0 Å². The van der Waals surface area contributed by atoms with E-state index in [1.165, 1.54) is 0 Å². The molecule has 1 aromatic carbocycles. The molecule has 0 aliphatic rings. The van der Waals surface area contributed by atoms with E-state index < -0.39 is 0 Å². The number of aromatic amines is 1. The van der Waals surface area contributed by atoms with Crippen LogP contribution in [0.4, 0.5) is 0 Å². The van der Waals surface area contributed by atoms with Gasteiger partial charge in [0.15, 0.2) is 0 Å². The summed E-state index contributed by atoms with van der Waals surface area (Å²) in [5.74, 6) is 0.921. The predicted octanol–water partition coefficient (Wildman–Crippen LogP) is 4.12. The molecule has 4 aromatic rings. The fraction of sp³-hybridized carbons (Fsp3) is 0.0500. The van der Waals surface area contributed by atoms with Crippen LogP contribution in [0.25, 0.3) is 22.5 Å². The van der Waals surface area contributed by atoms with Crippen LogP contribution in [0.15, 0.2) is 79.4 Å². The van der Waals surface area contributed by atoms with E-state index in [4.69, 9.17) is 0 Å². The number of rotatable bonds is 4. The van der Waals surface area contributed by atoms with Crippen LogP contribution in [0.5, 0.6) is 0 Å². The van der Waals surface area contributed by atoms with Gasteiger partial charge in [-0.1, -0.05) is 36.4 Å². The van der Waals surface area contributed by atoms with Crippen molar-refractivity contribution in [1.29, 1.82) is 0 Å². The Morgan fingerprint density at radius 2 is 1.67 bits per heavy atom. The van der Waals surface area contributed by atoms with E-state index in [9.17, 15) is 0 Å². The van der Waals surface area contributed by atoms with E-state index >= 15 is 0 Å². The fourth-order valence-electron chi connectivity index (χ4n) is 2.63. The van der Waals surface area contributed by atoms with E-state index in [0.29, 0.717) is 0 Å². The molecule has 0 atom stereocenters. The molecule has 0 saturated carbocycles. The van der Waals surface area contributed by atoms with Gasteiger partial charge in [0.25, 0.3) is 0 Å². The van der Waals surface area contributed by atoms with Crippen LogP contribution in [-0.4, -0.2) is 19.9 Å². The van der Waals surface area contributed by atoms with Gasteiger partial charge in [0.05, 0.1) is 17.6 Å². The largest absolute Gasteiger partial charge is 0.342 e. The first-order valence-corrected chi connectivity index (χ1v) is 7.83. The Morgan fingerprint density at radius 3 is 2.42 bits per heavy atom. The second-order valence-corrected chi connectivity index (χ2v) is 5.58. The minimum absolute atomic E-state index is 0.739. The molecule has 4 heteroatoms. The maximum Gasteiger partial charge on any atom is 0.110 e. The number of H-pyrrole nitrogens is 1. The first kappa shape index (κ1) is 14.3. The smallest absolute Gasteiger partial charge is 0.110 e. The quantitative estimate of drug-likeness (QED) is 0.616. The Kier molecular flexibility index (Phi) is 3.86. The highest BCUT2D eigenvalue weighted by Gasteiger charge is 2.06. The summed E-state index contributed by atoms with van der Waals surface area (Å²) in [7, 11) is 0. The Hall–Kier alpha value is -3.27. The number of benzene rings is 1. The molecular weight excluding hydrogens is 296 g/mol. The van der Waals surface area contributed by atoms with E-state index in [1.54, 1.807) is 6.20 Å². The Balaban J connectivity index is 1.54. The molecule has 24 heavy (non-hydrogen) atoms. The molecule has 4 nitrogen and oxygen atoms in total. The second kappa shape index (κ2) is 6.46. The molecule has 3 aromatic heterocycles. The van der Waals surface area contributed by atoms with Crippen LogP contribution >= 0.6 is 0 Å². The highest BCUT2D eigenvalue weighted by Crippen LogP contribution is 2.21. The Labute approximate surface area is 140 Å². The lowest BCUT2D eigenvalue weighted by molar-refractivity contribution is 1.01. The molecule has 0 fully saturated rings. The van der Waals surface area contributed by atoms with Crippen molar-refractivity contribution >= 4 is 0 Å². The van der Waals surface area contributed by atoms with Crippen molar-refractivity contribution in [2.45, 2.75) is 6.42 Å². The van der Waals surface area contributed by atoms with Crippen LogP contribution in [0.3, 0.4) is 0 Å². The van der Waals surface area contributed by atoms with Gasteiger partial charge >= 0.3 is 0 Å². The van der Waals surface area contributed by atoms with Gasteiger partial charge in [0.1, 0.15) is 5.82 Å². The minimum Gasteiger partial charge on any atom is -0.342 e. The van der Waals surface area contributed by atoms with E-state index in [2.05, 4.69) is 38.1 Å². The summed E-state index contributed by atoms with van der Waals surface area (Å²) in [6.07, 6.45) is 8.10. The number of nitrogens with zero attached hydrogens (tertiary/aromatic N) is 3. The lowest BCUT2D eigenvalue weighted by Gasteiger charge is -2.02. The van der Waals surface area contributed by atoms with Crippen molar-refractivity contribution in [3.05, 3.63) is 90.8 Å². The van der Waals surface area contributed by atoms with Crippen LogP contribution in [0.2, 0.25) is 0 Å². The van der Waals surface area contributed by atoms with Crippen molar-refractivity contribution < 1.29 is 0 Å². The van der Waals surface area contributed by atoms with Crippen LogP contribution in [-0.2, 0) is 6.42 Å². The third-order valence-electron chi connectivity index (χ3n) is 3.87. The maximum absolute atomic E-state index is 4.56. The second-order valence-electron chi connectivity index (χ2n) is 5.58. The molecule has 0 aliphatic carbocycles. The minimum atomic E-state index is 0.739. The number of imidazole rings is 1. The number of pyridine rings is 2. The SMILES string of the molecule is c1ccc(-c2ccc(-c3cnc(Cc4cccnc4)[nH]3)cn2)cc1. The monoisotopic (exact) mass is 312 g/mol. The van der Waals surface area contributed by atoms with Gasteiger partial charge in [-0.2, -0.15) is 0 Å². The average Bonchev–Trinajstić information content (AvgIpc) is 3.12. The Morgan fingerprint density at radius 1 is 0.750 bits per heavy atom. The van der Waals surface area contributed by atoms with Crippen molar-refractivity contribution in [3.63, 3.8) is 0 Å². The number of hydrogen-bond donors (Lipinski definition) is 1. The highest BCUT2D eigenvalue weighted by atomic mass is 14.9. The zero-order valence-electron chi connectivity index (χ0n) is 13.1. The summed E-state index contributed by atoms with van der Waals surface area (Å²) in [5, 5.41) is 0. The first-order valence-electron chi connectivity index (χ1n) is 7.83. The van der Waals surface area contributed by atoms with Gasteiger partial charge < -0.3 is 4.98 Å². The molecule has 4 rings (SSSR count). The molecule has 0 spiro atoms. The third-order valence-corrected chi connectivity index (χ3v) is 3.87. The van der Waals surface area contributed by atoms with E-state index in [1.807, 2.05) is 55.0 Å². The molecule has 3 heterocycles. The van der Waals surface area contributed by atoms with Gasteiger partial charge in [-0.25, -0.2) is 4.98 Å². The van der Waals surface area contributed by atoms with E-state index in [0.717, 1.165) is 40.3 Å². The molecule has 0 bridgehead atoms. The van der Waals surface area contributed by atoms with Gasteiger partial charge in [0, 0.05) is 36.1 Å². The van der Waals surface area contributed by atoms with Crippen molar-refractivity contribution in [1.82, 2.24) is 19.9 Å². The summed E-state index contributed by atoms with van der Waals surface area (Å²) in [5.41, 5.74) is 5.22. The fourth-order valence-corrected chi connectivity index (χ4v) is 2.63. The first-order chi connectivity index (χ1) is 11.9. The predicted molar refractivity (Wildman–Crippen MR) is 94.3 cm³/mol. The molecule has 0 unspecified atom stereocenters. The van der Waals surface area contributed by atoms with Gasteiger partial charge in [-0.05, 0) is 23.8 Å². The third kappa shape index (κ3) is 3.08. The molecule has 0 saturated heterocycles. The van der Waals surface area contributed by atoms with Crippen LogP contribution < -0.4 is 0 Å². The summed E-state index contributed by atoms with van der Waals surface area (Å²) >= 11 is 0. The zero-order chi connectivity index (χ0) is 16.2. The summed E-state index contributed by atoms with van der Waals surface area (Å²) < 4.78 is 0. The molecule has 116 valence electrons. The number of aromatic nitrogens is 4. The van der Waals surface area contributed by atoms with Crippen LogP contribution in [0, 0.1) is 0 Å². The van der Waals surface area contributed by atoms with Crippen molar-refractivity contribution in [3.8, 4) is 22.5 Å². The molecule has 0 amide bonds. The standard InChI is InChI=1S/C20H16N4/c1-2-6-16(7-3-1)18-9-8-17(13-22-18)19-14-23-20(24-19)11-15-5-4-10-21-12-15/h1-10,12-14H,11H2,(H,23,24). The van der Waals surface area contributed by atoms with Crippen LogP contribution in [0.1, 0.15) is 11.4 Å². The lowest BCUT2D eigenvalue weighted by Crippen LogP contribution is -1.91. The number of nitrogens with one attached hydrogen (secondary N) is 1. The summed E-state index contributed by atoms with van der Waals surface area (Å²) in [6, 6.07) is 18.2. The van der Waals surface area contributed by atoms with E-state index in [-0.39, 0.29) is 0 Å². The molecule has 0 aliphatic heterocycles. The van der Waals surface area contributed by atoms with Gasteiger partial charge in [-0.3, -0.25) is 9.97 Å². The zero-order valence-corrected chi connectivity index (χ0v) is 13.1. The van der Waals surface area contributed by atoms with Gasteiger partial charge in [-0.15, -0.1) is 0 Å². The lowest BCUT2D eigenvalue weighted by atomic mass is 10.1. The summed E-state index contributed by atoms with van der Waals surface area (Å²) in [6.45, 7) is 0. The number of hydrogen-bond acceptors (Lipinski definition) is 3. The molecule has 1 N–H and O–H groups in total. The topological polar surface area (TPSA) is 54.5 Å². The van der Waals surface area contributed by atoms with Crippen molar-refractivity contribution in [2.75, 3.05) is 0 Å². The normalized spacial score (nSPS) is 10.7. The Bertz CT molecular complexity index is 913. The molecule has 0 radical (unpaired) electrons. The summed E-state index contributed by atoms with van der Waals surface area (Å²) in [4.78, 5) is 16.5. The molecular formula is C20H16N4.